The van der Waals surface area contributed by atoms with E-state index in [4.69, 9.17) is 0 Å². The molecule has 6 rings (SSSR count). The topological polar surface area (TPSA) is 114 Å². The number of benzene rings is 2. The van der Waals surface area contributed by atoms with Gasteiger partial charge in [-0.3, -0.25) is 10.00 Å². The lowest BCUT2D eigenvalue weighted by Gasteiger charge is -2.27. The molecule has 9 heteroatoms. The number of nitrogens with zero attached hydrogens (tertiary/aromatic N) is 5. The van der Waals surface area contributed by atoms with E-state index in [9.17, 15) is 0 Å². The molecule has 0 amide bonds. The Labute approximate surface area is 171 Å². The van der Waals surface area contributed by atoms with Crippen LogP contribution < -0.4 is 5.32 Å². The summed E-state index contributed by atoms with van der Waals surface area (Å²) in [6.45, 7) is 5.32. The molecule has 0 bridgehead atoms. The molecular weight excluding hydrogens is 378 g/mol. The number of rotatable bonds is 4. The molecule has 1 saturated heterocycles. The van der Waals surface area contributed by atoms with Crippen molar-refractivity contribution in [2.45, 2.75) is 6.54 Å². The molecule has 0 spiro atoms. The Kier molecular flexibility index (Phi) is 4.07. The smallest absolute Gasteiger partial charge is 0.204 e. The number of nitrogens with one attached hydrogen (secondary N) is 4. The van der Waals surface area contributed by atoms with Crippen molar-refractivity contribution in [2.24, 2.45) is 0 Å². The van der Waals surface area contributed by atoms with E-state index in [0.29, 0.717) is 5.82 Å². The fourth-order valence-electron chi connectivity index (χ4n) is 4.18. The third-order valence-corrected chi connectivity index (χ3v) is 5.72. The zero-order valence-corrected chi connectivity index (χ0v) is 16.3. The van der Waals surface area contributed by atoms with Gasteiger partial charge < -0.3 is 10.3 Å². The van der Waals surface area contributed by atoms with Crippen LogP contribution in [-0.2, 0) is 6.54 Å². The number of piperazine rings is 1. The summed E-state index contributed by atoms with van der Waals surface area (Å²) in [6, 6.07) is 14.9. The van der Waals surface area contributed by atoms with Gasteiger partial charge in [0, 0.05) is 54.6 Å². The molecule has 2 aromatic carbocycles. The van der Waals surface area contributed by atoms with Gasteiger partial charge in [-0.25, -0.2) is 0 Å². The molecule has 3 aromatic heterocycles. The molecule has 1 fully saturated rings. The summed E-state index contributed by atoms with van der Waals surface area (Å²) in [4.78, 5) is 6.01. The number of tetrazole rings is 1. The van der Waals surface area contributed by atoms with E-state index in [1.54, 1.807) is 0 Å². The molecule has 5 aromatic rings. The first-order chi connectivity index (χ1) is 14.8. The molecule has 9 nitrogen and oxygen atoms in total. The fourth-order valence-corrected chi connectivity index (χ4v) is 4.18. The van der Waals surface area contributed by atoms with Crippen LogP contribution in [0.1, 0.15) is 5.56 Å². The summed E-state index contributed by atoms with van der Waals surface area (Å²) in [5.41, 5.74) is 6.19. The van der Waals surface area contributed by atoms with Gasteiger partial charge in [-0.1, -0.05) is 12.1 Å². The van der Waals surface area contributed by atoms with E-state index in [1.807, 2.05) is 18.2 Å². The van der Waals surface area contributed by atoms with Crippen molar-refractivity contribution in [1.29, 1.82) is 0 Å². The van der Waals surface area contributed by atoms with Gasteiger partial charge in [-0.15, -0.1) is 10.2 Å². The predicted octanol–water partition coefficient (Wildman–Crippen LogP) is 2.30. The van der Waals surface area contributed by atoms with Crippen LogP contribution in [0.2, 0.25) is 0 Å². The highest BCUT2D eigenvalue weighted by Gasteiger charge is 2.14. The molecule has 0 aliphatic carbocycles. The molecule has 150 valence electrons. The summed E-state index contributed by atoms with van der Waals surface area (Å²) < 4.78 is 0. The zero-order valence-electron chi connectivity index (χ0n) is 16.3. The van der Waals surface area contributed by atoms with Gasteiger partial charge in [-0.05, 0) is 41.1 Å². The minimum atomic E-state index is 0.565. The normalized spacial score (nSPS) is 15.3. The maximum absolute atomic E-state index is 4.56. The second kappa shape index (κ2) is 7.05. The molecular formula is C21H21N9. The van der Waals surface area contributed by atoms with Crippen LogP contribution in [0.5, 0.6) is 0 Å². The van der Waals surface area contributed by atoms with Crippen molar-refractivity contribution in [2.75, 3.05) is 26.2 Å². The largest absolute Gasteiger partial charge is 0.353 e. The Hall–Kier alpha value is -3.56. The summed E-state index contributed by atoms with van der Waals surface area (Å²) in [5, 5.41) is 27.6. The first-order valence-electron chi connectivity index (χ1n) is 10.1. The molecule has 1 aliphatic rings. The Bertz CT molecular complexity index is 1310. The van der Waals surface area contributed by atoms with Crippen LogP contribution in [-0.4, -0.2) is 66.9 Å². The lowest BCUT2D eigenvalue weighted by Crippen LogP contribution is -2.42. The SMILES string of the molecule is c1cc2[nH]c(-c3n[nH]c4cc(-c5nn[nH]n5)ccc34)cc2cc1CN1CCNCC1. The van der Waals surface area contributed by atoms with E-state index >= 15 is 0 Å². The van der Waals surface area contributed by atoms with Crippen molar-refractivity contribution >= 4 is 21.8 Å². The number of aromatic amines is 3. The van der Waals surface area contributed by atoms with Crippen molar-refractivity contribution < 1.29 is 0 Å². The Morgan fingerprint density at radius 2 is 1.87 bits per heavy atom. The molecule has 1 aliphatic heterocycles. The van der Waals surface area contributed by atoms with Gasteiger partial charge in [0.1, 0.15) is 5.69 Å². The Morgan fingerprint density at radius 3 is 2.73 bits per heavy atom. The molecule has 0 unspecified atom stereocenters. The number of fused-ring (bicyclic) bond motifs is 2. The molecule has 4 N–H and O–H groups in total. The van der Waals surface area contributed by atoms with Crippen LogP contribution in [0.4, 0.5) is 0 Å². The lowest BCUT2D eigenvalue weighted by atomic mass is 10.1. The standard InChI is InChI=1S/C21H21N9/c1-4-17-15(9-13(1)12-30-7-5-22-6-8-30)11-19(23-17)20-16-3-2-14(10-18(16)24-25-20)21-26-28-29-27-21/h1-4,9-11,22-23H,5-8,12H2,(H,24,25)(H,26,27,28,29). The molecule has 30 heavy (non-hydrogen) atoms. The van der Waals surface area contributed by atoms with Gasteiger partial charge in [0.25, 0.3) is 0 Å². The second-order valence-electron chi connectivity index (χ2n) is 7.70. The minimum absolute atomic E-state index is 0.565. The molecule has 0 saturated carbocycles. The van der Waals surface area contributed by atoms with Crippen LogP contribution in [0, 0.1) is 0 Å². The maximum Gasteiger partial charge on any atom is 0.204 e. The average molecular weight is 399 g/mol. The van der Waals surface area contributed by atoms with Crippen molar-refractivity contribution in [3.63, 3.8) is 0 Å². The van der Waals surface area contributed by atoms with E-state index in [0.717, 1.165) is 66.1 Å². The second-order valence-corrected chi connectivity index (χ2v) is 7.70. The van der Waals surface area contributed by atoms with Gasteiger partial charge >= 0.3 is 0 Å². The van der Waals surface area contributed by atoms with Crippen molar-refractivity contribution in [3.8, 4) is 22.8 Å². The maximum atomic E-state index is 4.56. The fraction of sp³-hybridized carbons (Fsp3) is 0.238. The van der Waals surface area contributed by atoms with Crippen LogP contribution >= 0.6 is 0 Å². The van der Waals surface area contributed by atoms with Crippen LogP contribution in [0.3, 0.4) is 0 Å². The first-order valence-corrected chi connectivity index (χ1v) is 10.1. The average Bonchev–Trinajstić information content (AvgIpc) is 3.52. The Morgan fingerprint density at radius 1 is 0.933 bits per heavy atom. The lowest BCUT2D eigenvalue weighted by molar-refractivity contribution is 0.233. The third-order valence-electron chi connectivity index (χ3n) is 5.72. The predicted molar refractivity (Wildman–Crippen MR) is 115 cm³/mol. The molecule has 0 atom stereocenters. The highest BCUT2D eigenvalue weighted by molar-refractivity contribution is 5.97. The van der Waals surface area contributed by atoms with E-state index in [-0.39, 0.29) is 0 Å². The van der Waals surface area contributed by atoms with Gasteiger partial charge in [0.2, 0.25) is 5.82 Å². The van der Waals surface area contributed by atoms with Crippen molar-refractivity contribution in [3.05, 3.63) is 48.0 Å². The van der Waals surface area contributed by atoms with Gasteiger partial charge in [0.05, 0.1) is 11.2 Å². The highest BCUT2D eigenvalue weighted by Crippen LogP contribution is 2.31. The minimum Gasteiger partial charge on any atom is -0.353 e. The summed E-state index contributed by atoms with van der Waals surface area (Å²) in [7, 11) is 0. The van der Waals surface area contributed by atoms with E-state index in [2.05, 4.69) is 70.3 Å². The highest BCUT2D eigenvalue weighted by atomic mass is 15.5. The third kappa shape index (κ3) is 3.04. The van der Waals surface area contributed by atoms with E-state index < -0.39 is 0 Å². The monoisotopic (exact) mass is 399 g/mol. The number of aromatic nitrogens is 7. The van der Waals surface area contributed by atoms with Crippen LogP contribution in [0.15, 0.2) is 42.5 Å². The molecule has 4 heterocycles. The van der Waals surface area contributed by atoms with Crippen molar-refractivity contribution in [1.82, 2.24) is 46.0 Å². The molecule has 0 radical (unpaired) electrons. The Balaban J connectivity index is 1.33. The summed E-state index contributed by atoms with van der Waals surface area (Å²) >= 11 is 0. The van der Waals surface area contributed by atoms with Crippen LogP contribution in [0.25, 0.3) is 44.6 Å². The quantitative estimate of drug-likeness (QED) is 0.369. The summed E-state index contributed by atoms with van der Waals surface area (Å²) in [6.07, 6.45) is 0. The van der Waals surface area contributed by atoms with E-state index in [1.165, 1.54) is 10.9 Å². The first kappa shape index (κ1) is 17.3. The number of hydrogen-bond donors (Lipinski definition) is 4. The van der Waals surface area contributed by atoms with Gasteiger partial charge in [0.15, 0.2) is 0 Å². The zero-order chi connectivity index (χ0) is 19.9. The van der Waals surface area contributed by atoms with Gasteiger partial charge in [-0.2, -0.15) is 10.3 Å². The summed E-state index contributed by atoms with van der Waals surface area (Å²) in [5.74, 6) is 0.565. The number of H-pyrrole nitrogens is 3. The number of hydrogen-bond acceptors (Lipinski definition) is 6.